The maximum atomic E-state index is 13.3. The van der Waals surface area contributed by atoms with Crippen molar-refractivity contribution in [1.82, 2.24) is 9.88 Å². The third-order valence-electron chi connectivity index (χ3n) is 5.70. The Balaban J connectivity index is 1.92. The smallest absolute Gasteiger partial charge is 0.295 e. The molecule has 1 saturated heterocycles. The van der Waals surface area contributed by atoms with Gasteiger partial charge in [0.2, 0.25) is 0 Å². The Morgan fingerprint density at radius 3 is 2.35 bits per heavy atom. The highest BCUT2D eigenvalue weighted by atomic mass is 16.5. The molecule has 1 fully saturated rings. The lowest BCUT2D eigenvalue weighted by Gasteiger charge is -2.26. The number of aromatic nitrogens is 1. The first-order valence-corrected chi connectivity index (χ1v) is 10.5. The highest BCUT2D eigenvalue weighted by Crippen LogP contribution is 2.43. The Kier molecular flexibility index (Phi) is 6.49. The molecule has 1 amide bonds. The average Bonchev–Trinajstić information content (AvgIpc) is 3.13. The third kappa shape index (κ3) is 4.05. The topological polar surface area (TPSA) is 98.2 Å². The Morgan fingerprint density at radius 2 is 1.68 bits per heavy atom. The molecule has 8 heteroatoms. The molecule has 174 valence electrons. The summed E-state index contributed by atoms with van der Waals surface area (Å²) in [6, 6.07) is 14.6. The number of Topliss-reactive ketones (excluding diaryl/α,β-unsaturated/α-hetero) is 1. The Bertz CT molecular complexity index is 1260. The van der Waals surface area contributed by atoms with Crippen molar-refractivity contribution in [1.29, 1.82) is 0 Å². The summed E-state index contributed by atoms with van der Waals surface area (Å²) < 4.78 is 16.1. The van der Waals surface area contributed by atoms with E-state index in [9.17, 15) is 14.7 Å². The van der Waals surface area contributed by atoms with Crippen LogP contribution >= 0.6 is 0 Å². The largest absolute Gasteiger partial charge is 0.507 e. The Hall–Kier alpha value is -4.33. The molecular weight excluding hydrogens is 436 g/mol. The number of hydrogen-bond donors (Lipinski definition) is 1. The van der Waals surface area contributed by atoms with Crippen LogP contribution in [0, 0.1) is 0 Å². The van der Waals surface area contributed by atoms with E-state index in [1.165, 1.54) is 26.2 Å². The summed E-state index contributed by atoms with van der Waals surface area (Å²) in [5, 5.41) is 11.3. The maximum absolute atomic E-state index is 13.3. The van der Waals surface area contributed by atoms with Crippen LogP contribution in [0.15, 0.2) is 72.6 Å². The van der Waals surface area contributed by atoms with Crippen molar-refractivity contribution in [3.63, 3.8) is 0 Å². The van der Waals surface area contributed by atoms with Gasteiger partial charge in [0.05, 0.1) is 38.5 Å². The van der Waals surface area contributed by atoms with Crippen LogP contribution in [0.4, 0.5) is 0 Å². The number of methoxy groups -OCH3 is 3. The minimum absolute atomic E-state index is 0.0365. The van der Waals surface area contributed by atoms with E-state index in [2.05, 4.69) is 4.98 Å². The van der Waals surface area contributed by atoms with Crippen molar-refractivity contribution >= 4 is 17.4 Å². The van der Waals surface area contributed by atoms with Gasteiger partial charge in [-0.3, -0.25) is 14.6 Å². The lowest BCUT2D eigenvalue weighted by atomic mass is 9.94. The van der Waals surface area contributed by atoms with Crippen molar-refractivity contribution < 1.29 is 28.9 Å². The number of ether oxygens (including phenoxy) is 3. The van der Waals surface area contributed by atoms with Crippen LogP contribution in [-0.2, 0) is 16.1 Å². The number of likely N-dealkylation sites (tertiary alicyclic amines) is 1. The molecule has 1 aliphatic heterocycles. The molecule has 4 rings (SSSR count). The van der Waals surface area contributed by atoms with E-state index in [1.807, 2.05) is 6.07 Å². The number of pyridine rings is 1. The molecule has 1 N–H and O–H groups in total. The van der Waals surface area contributed by atoms with Gasteiger partial charge in [-0.25, -0.2) is 0 Å². The molecule has 3 aromatic rings. The van der Waals surface area contributed by atoms with Crippen LogP contribution in [0.25, 0.3) is 5.76 Å². The summed E-state index contributed by atoms with van der Waals surface area (Å²) >= 11 is 0. The Morgan fingerprint density at radius 1 is 0.941 bits per heavy atom. The van der Waals surface area contributed by atoms with Crippen LogP contribution in [0.1, 0.15) is 22.7 Å². The second-order valence-electron chi connectivity index (χ2n) is 7.60. The molecule has 2 aromatic carbocycles. The van der Waals surface area contributed by atoms with Crippen molar-refractivity contribution in [2.45, 2.75) is 12.6 Å². The molecule has 2 heterocycles. The van der Waals surface area contributed by atoms with Gasteiger partial charge in [0.1, 0.15) is 11.5 Å². The average molecular weight is 460 g/mol. The zero-order chi connectivity index (χ0) is 24.2. The number of para-hydroxylation sites is 1. The fourth-order valence-corrected chi connectivity index (χ4v) is 4.09. The number of hydrogen-bond acceptors (Lipinski definition) is 7. The minimum atomic E-state index is -0.870. The van der Waals surface area contributed by atoms with E-state index in [1.54, 1.807) is 60.9 Å². The minimum Gasteiger partial charge on any atom is -0.507 e. The van der Waals surface area contributed by atoms with Crippen molar-refractivity contribution in [2.75, 3.05) is 21.3 Å². The number of ketones is 1. The van der Waals surface area contributed by atoms with Crippen molar-refractivity contribution in [3.8, 4) is 17.2 Å². The summed E-state index contributed by atoms with van der Waals surface area (Å²) in [6.45, 7) is 0.125. The monoisotopic (exact) mass is 460 g/mol. The predicted octanol–water partition coefficient (Wildman–Crippen LogP) is 3.73. The molecule has 1 aliphatic rings. The SMILES string of the molecule is COc1ccc(C2/C(=C(\O)c3ccccc3OC)C(=O)C(=O)N2Cc2cccnc2)cc1OC. The molecule has 1 unspecified atom stereocenters. The molecule has 34 heavy (non-hydrogen) atoms. The number of rotatable bonds is 7. The Labute approximate surface area is 197 Å². The summed E-state index contributed by atoms with van der Waals surface area (Å²) in [5.74, 6) is -0.509. The molecule has 0 radical (unpaired) electrons. The first-order chi connectivity index (χ1) is 16.5. The second-order valence-corrected chi connectivity index (χ2v) is 7.60. The van der Waals surface area contributed by atoms with Crippen LogP contribution in [-0.4, -0.2) is 48.0 Å². The lowest BCUT2D eigenvalue weighted by Crippen LogP contribution is -2.29. The number of aliphatic hydroxyl groups is 1. The maximum Gasteiger partial charge on any atom is 0.295 e. The zero-order valence-corrected chi connectivity index (χ0v) is 19.0. The van der Waals surface area contributed by atoms with Gasteiger partial charge in [-0.15, -0.1) is 0 Å². The molecule has 8 nitrogen and oxygen atoms in total. The lowest BCUT2D eigenvalue weighted by molar-refractivity contribution is -0.140. The first kappa shape index (κ1) is 22.8. The van der Waals surface area contributed by atoms with Crippen LogP contribution < -0.4 is 14.2 Å². The van der Waals surface area contributed by atoms with Gasteiger partial charge in [-0.1, -0.05) is 24.3 Å². The van der Waals surface area contributed by atoms with Gasteiger partial charge in [0, 0.05) is 18.9 Å². The number of aliphatic hydroxyl groups excluding tert-OH is 1. The highest BCUT2D eigenvalue weighted by molar-refractivity contribution is 6.46. The van der Waals surface area contributed by atoms with E-state index >= 15 is 0 Å². The quantitative estimate of drug-likeness (QED) is 0.326. The zero-order valence-electron chi connectivity index (χ0n) is 19.0. The fourth-order valence-electron chi connectivity index (χ4n) is 4.09. The summed E-state index contributed by atoms with van der Waals surface area (Å²) in [6.07, 6.45) is 3.26. The highest BCUT2D eigenvalue weighted by Gasteiger charge is 2.46. The summed E-state index contributed by atoms with van der Waals surface area (Å²) in [4.78, 5) is 32.0. The van der Waals surface area contributed by atoms with Gasteiger partial charge in [-0.05, 0) is 41.5 Å². The number of carbonyl (C=O) groups is 2. The molecule has 0 saturated carbocycles. The number of amides is 1. The second kappa shape index (κ2) is 9.66. The van der Waals surface area contributed by atoms with Gasteiger partial charge in [0.15, 0.2) is 11.5 Å². The first-order valence-electron chi connectivity index (χ1n) is 10.5. The standard InChI is InChI=1S/C26H24N2O6/c1-32-19-9-5-4-8-18(19)24(29)22-23(17-10-11-20(33-2)21(13-17)34-3)28(26(31)25(22)30)15-16-7-6-12-27-14-16/h4-14,23,29H,15H2,1-3H3/b24-22+. The van der Waals surface area contributed by atoms with Gasteiger partial charge in [0.25, 0.3) is 11.7 Å². The van der Waals surface area contributed by atoms with Crippen molar-refractivity contribution in [3.05, 3.63) is 89.3 Å². The number of benzene rings is 2. The predicted molar refractivity (Wildman–Crippen MR) is 125 cm³/mol. The normalized spacial score (nSPS) is 17.0. The molecule has 1 atom stereocenters. The van der Waals surface area contributed by atoms with Crippen LogP contribution in [0.2, 0.25) is 0 Å². The molecule has 0 spiro atoms. The van der Waals surface area contributed by atoms with Crippen molar-refractivity contribution in [2.24, 2.45) is 0 Å². The fraction of sp³-hybridized carbons (Fsp3) is 0.192. The van der Waals surface area contributed by atoms with Gasteiger partial charge in [-0.2, -0.15) is 0 Å². The van der Waals surface area contributed by atoms with E-state index in [0.29, 0.717) is 28.4 Å². The number of nitrogens with zero attached hydrogens (tertiary/aromatic N) is 2. The molecule has 1 aromatic heterocycles. The van der Waals surface area contributed by atoms with E-state index in [0.717, 1.165) is 5.56 Å². The summed E-state index contributed by atoms with van der Waals surface area (Å²) in [7, 11) is 4.50. The van der Waals surface area contributed by atoms with Crippen LogP contribution in [0.3, 0.4) is 0 Å². The third-order valence-corrected chi connectivity index (χ3v) is 5.70. The molecule has 0 aliphatic carbocycles. The number of carbonyl (C=O) groups excluding carboxylic acids is 2. The summed E-state index contributed by atoms with van der Waals surface area (Å²) in [5.41, 5.74) is 1.60. The van der Waals surface area contributed by atoms with Crippen LogP contribution in [0.5, 0.6) is 17.2 Å². The van der Waals surface area contributed by atoms with E-state index in [-0.39, 0.29) is 17.9 Å². The molecule has 0 bridgehead atoms. The molecular formula is C26H24N2O6. The van der Waals surface area contributed by atoms with Gasteiger partial charge < -0.3 is 24.2 Å². The van der Waals surface area contributed by atoms with E-state index < -0.39 is 17.7 Å². The van der Waals surface area contributed by atoms with Gasteiger partial charge >= 0.3 is 0 Å². The van der Waals surface area contributed by atoms with E-state index in [4.69, 9.17) is 14.2 Å².